The van der Waals surface area contributed by atoms with Gasteiger partial charge in [-0.15, -0.1) is 0 Å². The van der Waals surface area contributed by atoms with Crippen LogP contribution in [0, 0.1) is 0 Å². The molecule has 0 saturated heterocycles. The topological polar surface area (TPSA) is 48.9 Å². The fourth-order valence-corrected chi connectivity index (χ4v) is 1.44. The van der Waals surface area contributed by atoms with Gasteiger partial charge in [-0.3, -0.25) is 5.10 Å². The molecule has 1 unspecified atom stereocenters. The summed E-state index contributed by atoms with van der Waals surface area (Å²) in [5, 5.41) is 16.2. The van der Waals surface area contributed by atoms with Crippen molar-refractivity contribution in [2.75, 3.05) is 6.61 Å². The maximum atomic E-state index is 9.02. The van der Waals surface area contributed by atoms with Crippen LogP contribution in [0.15, 0.2) is 36.4 Å². The molecule has 78 valence electrons. The van der Waals surface area contributed by atoms with Gasteiger partial charge in [0, 0.05) is 17.2 Å². The molecule has 0 aliphatic heterocycles. The first-order valence-electron chi connectivity index (χ1n) is 5.03. The predicted molar refractivity (Wildman–Crippen MR) is 59.5 cm³/mol. The third-order valence-corrected chi connectivity index (χ3v) is 2.47. The van der Waals surface area contributed by atoms with Crippen LogP contribution in [0.25, 0.3) is 11.3 Å². The minimum absolute atomic E-state index is 0.106. The Balaban J connectivity index is 2.28. The summed E-state index contributed by atoms with van der Waals surface area (Å²) in [5.41, 5.74) is 2.98. The summed E-state index contributed by atoms with van der Waals surface area (Å²) in [6.45, 7) is 2.10. The first-order chi connectivity index (χ1) is 7.31. The summed E-state index contributed by atoms with van der Waals surface area (Å²) in [5.74, 6) is 0.106. The largest absolute Gasteiger partial charge is 0.396 e. The van der Waals surface area contributed by atoms with Crippen molar-refractivity contribution >= 4 is 0 Å². The molecule has 0 aliphatic carbocycles. The van der Waals surface area contributed by atoms with E-state index in [1.165, 1.54) is 0 Å². The van der Waals surface area contributed by atoms with Crippen LogP contribution in [0.3, 0.4) is 0 Å². The molecule has 0 aliphatic rings. The van der Waals surface area contributed by atoms with E-state index < -0.39 is 0 Å². The smallest absolute Gasteiger partial charge is 0.0923 e. The number of nitrogens with zero attached hydrogens (tertiary/aromatic N) is 1. The van der Waals surface area contributed by atoms with E-state index >= 15 is 0 Å². The predicted octanol–water partition coefficient (Wildman–Crippen LogP) is 2.17. The number of aromatic amines is 1. The Morgan fingerprint density at radius 3 is 2.73 bits per heavy atom. The molecule has 3 heteroatoms. The molecule has 3 nitrogen and oxygen atoms in total. The van der Waals surface area contributed by atoms with Crippen molar-refractivity contribution in [2.45, 2.75) is 12.8 Å². The quantitative estimate of drug-likeness (QED) is 0.801. The van der Waals surface area contributed by atoms with Gasteiger partial charge < -0.3 is 5.11 Å². The van der Waals surface area contributed by atoms with Gasteiger partial charge in [0.15, 0.2) is 0 Å². The molecule has 15 heavy (non-hydrogen) atoms. The lowest BCUT2D eigenvalue weighted by molar-refractivity contribution is 0.271. The van der Waals surface area contributed by atoms with E-state index in [9.17, 15) is 0 Å². The highest BCUT2D eigenvalue weighted by Crippen LogP contribution is 2.20. The molecule has 0 bridgehead atoms. The molecule has 0 saturated carbocycles. The van der Waals surface area contributed by atoms with Crippen molar-refractivity contribution in [2.24, 2.45) is 0 Å². The Kier molecular flexibility index (Phi) is 2.83. The van der Waals surface area contributed by atoms with E-state index in [0.29, 0.717) is 0 Å². The van der Waals surface area contributed by atoms with E-state index in [1.807, 2.05) is 43.3 Å². The number of rotatable bonds is 3. The Hall–Kier alpha value is -1.61. The standard InChI is InChI=1S/C12H14N2O/c1-9(8-15)11-7-12(14-13-11)10-5-3-2-4-6-10/h2-7,9,15H,8H2,1H3,(H,13,14). The lowest BCUT2D eigenvalue weighted by atomic mass is 10.1. The molecule has 1 atom stereocenters. The highest BCUT2D eigenvalue weighted by Gasteiger charge is 2.08. The molecule has 2 rings (SSSR count). The SMILES string of the molecule is CC(CO)c1cc(-c2ccccc2)n[nH]1. The van der Waals surface area contributed by atoms with Crippen molar-refractivity contribution in [3.63, 3.8) is 0 Å². The first-order valence-corrected chi connectivity index (χ1v) is 5.03. The summed E-state index contributed by atoms with van der Waals surface area (Å²) in [7, 11) is 0. The Bertz CT molecular complexity index is 422. The van der Waals surface area contributed by atoms with Gasteiger partial charge in [0.2, 0.25) is 0 Å². The minimum atomic E-state index is 0.106. The summed E-state index contributed by atoms with van der Waals surface area (Å²) >= 11 is 0. The van der Waals surface area contributed by atoms with E-state index in [1.54, 1.807) is 0 Å². The maximum absolute atomic E-state index is 9.02. The molecule has 1 aromatic carbocycles. The van der Waals surface area contributed by atoms with Gasteiger partial charge in [-0.1, -0.05) is 37.3 Å². The maximum Gasteiger partial charge on any atom is 0.0923 e. The summed E-state index contributed by atoms with van der Waals surface area (Å²) in [6, 6.07) is 12.0. The van der Waals surface area contributed by atoms with Crippen LogP contribution in [0.4, 0.5) is 0 Å². The van der Waals surface area contributed by atoms with Gasteiger partial charge in [0.25, 0.3) is 0 Å². The number of nitrogens with one attached hydrogen (secondary N) is 1. The number of aliphatic hydroxyl groups excluding tert-OH is 1. The lowest BCUT2D eigenvalue weighted by Gasteiger charge is -2.01. The highest BCUT2D eigenvalue weighted by atomic mass is 16.3. The summed E-state index contributed by atoms with van der Waals surface area (Å²) in [4.78, 5) is 0. The molecule has 2 N–H and O–H groups in total. The second kappa shape index (κ2) is 4.28. The molecule has 0 fully saturated rings. The summed E-state index contributed by atoms with van der Waals surface area (Å²) in [6.07, 6.45) is 0. The van der Waals surface area contributed by atoms with Crippen molar-refractivity contribution in [3.8, 4) is 11.3 Å². The molecule has 1 heterocycles. The van der Waals surface area contributed by atoms with Crippen LogP contribution in [-0.2, 0) is 0 Å². The Morgan fingerprint density at radius 2 is 2.07 bits per heavy atom. The van der Waals surface area contributed by atoms with Crippen LogP contribution < -0.4 is 0 Å². The van der Waals surface area contributed by atoms with Crippen LogP contribution in [0.1, 0.15) is 18.5 Å². The molecule has 2 aromatic rings. The second-order valence-corrected chi connectivity index (χ2v) is 3.66. The van der Waals surface area contributed by atoms with Crippen molar-refractivity contribution < 1.29 is 5.11 Å². The van der Waals surface area contributed by atoms with E-state index in [4.69, 9.17) is 5.11 Å². The highest BCUT2D eigenvalue weighted by molar-refractivity contribution is 5.59. The zero-order valence-electron chi connectivity index (χ0n) is 8.64. The fraction of sp³-hybridized carbons (Fsp3) is 0.250. The molecule has 0 spiro atoms. The molecule has 0 amide bonds. The lowest BCUT2D eigenvalue weighted by Crippen LogP contribution is -1.98. The molecule has 1 aromatic heterocycles. The Morgan fingerprint density at radius 1 is 1.33 bits per heavy atom. The Labute approximate surface area is 88.8 Å². The second-order valence-electron chi connectivity index (χ2n) is 3.66. The summed E-state index contributed by atoms with van der Waals surface area (Å²) < 4.78 is 0. The number of benzene rings is 1. The van der Waals surface area contributed by atoms with Crippen molar-refractivity contribution in [1.29, 1.82) is 0 Å². The van der Waals surface area contributed by atoms with Crippen LogP contribution in [-0.4, -0.2) is 21.9 Å². The zero-order chi connectivity index (χ0) is 10.7. The minimum Gasteiger partial charge on any atom is -0.396 e. The van der Waals surface area contributed by atoms with Crippen molar-refractivity contribution in [1.82, 2.24) is 10.2 Å². The van der Waals surface area contributed by atoms with Crippen LogP contribution in [0.2, 0.25) is 0 Å². The molecule has 0 radical (unpaired) electrons. The first kappa shape index (κ1) is 9.93. The van der Waals surface area contributed by atoms with Gasteiger partial charge in [-0.2, -0.15) is 5.10 Å². The van der Waals surface area contributed by atoms with Crippen LogP contribution >= 0.6 is 0 Å². The molecular weight excluding hydrogens is 188 g/mol. The average Bonchev–Trinajstić information content (AvgIpc) is 2.78. The number of hydrogen-bond acceptors (Lipinski definition) is 2. The van der Waals surface area contributed by atoms with E-state index in [0.717, 1.165) is 17.0 Å². The third-order valence-electron chi connectivity index (χ3n) is 2.47. The van der Waals surface area contributed by atoms with Gasteiger partial charge >= 0.3 is 0 Å². The normalized spacial score (nSPS) is 12.7. The van der Waals surface area contributed by atoms with E-state index in [-0.39, 0.29) is 12.5 Å². The number of H-pyrrole nitrogens is 1. The van der Waals surface area contributed by atoms with Gasteiger partial charge in [-0.25, -0.2) is 0 Å². The average molecular weight is 202 g/mol. The van der Waals surface area contributed by atoms with Crippen LogP contribution in [0.5, 0.6) is 0 Å². The third kappa shape index (κ3) is 2.07. The van der Waals surface area contributed by atoms with E-state index in [2.05, 4.69) is 10.2 Å². The fourth-order valence-electron chi connectivity index (χ4n) is 1.44. The van der Waals surface area contributed by atoms with Gasteiger partial charge in [0.1, 0.15) is 0 Å². The van der Waals surface area contributed by atoms with Gasteiger partial charge in [0.05, 0.1) is 12.3 Å². The number of aromatic nitrogens is 2. The monoisotopic (exact) mass is 202 g/mol. The van der Waals surface area contributed by atoms with Gasteiger partial charge in [-0.05, 0) is 6.07 Å². The number of hydrogen-bond donors (Lipinski definition) is 2. The number of aliphatic hydroxyl groups is 1. The molecular formula is C12H14N2O. The zero-order valence-corrected chi connectivity index (χ0v) is 8.64. The van der Waals surface area contributed by atoms with Crippen molar-refractivity contribution in [3.05, 3.63) is 42.1 Å².